The minimum atomic E-state index is -0.194. The summed E-state index contributed by atoms with van der Waals surface area (Å²) in [7, 11) is 0. The van der Waals surface area contributed by atoms with E-state index in [2.05, 4.69) is 17.3 Å². The molecule has 1 heterocycles. The summed E-state index contributed by atoms with van der Waals surface area (Å²) < 4.78 is 1.43. The van der Waals surface area contributed by atoms with Gasteiger partial charge in [0.2, 0.25) is 0 Å². The molecule has 1 aliphatic rings. The van der Waals surface area contributed by atoms with E-state index >= 15 is 0 Å². The molecule has 0 aliphatic heterocycles. The highest BCUT2D eigenvalue weighted by Gasteiger charge is 2.18. The lowest BCUT2D eigenvalue weighted by Crippen LogP contribution is -2.26. The lowest BCUT2D eigenvalue weighted by molar-refractivity contribution is 0.502. The zero-order valence-electron chi connectivity index (χ0n) is 12.4. The maximum Gasteiger partial charge on any atom is 0.287 e. The molecule has 0 radical (unpaired) electrons. The molecule has 0 bridgehead atoms. The van der Waals surface area contributed by atoms with Crippen LogP contribution in [0.25, 0.3) is 0 Å². The Morgan fingerprint density at radius 1 is 1.40 bits per heavy atom. The van der Waals surface area contributed by atoms with Crippen molar-refractivity contribution in [3.05, 3.63) is 21.6 Å². The van der Waals surface area contributed by atoms with Gasteiger partial charge in [-0.15, -0.1) is 0 Å². The minimum Gasteiger partial charge on any atom is -0.380 e. The SMILES string of the molecule is CCCn1ncc(NC2CCCC(C)CC2)c(Cl)c1=O. The van der Waals surface area contributed by atoms with Crippen LogP contribution in [0.15, 0.2) is 11.0 Å². The van der Waals surface area contributed by atoms with Crippen molar-refractivity contribution in [1.29, 1.82) is 0 Å². The van der Waals surface area contributed by atoms with E-state index in [1.807, 2.05) is 6.92 Å². The normalized spacial score (nSPS) is 23.4. The van der Waals surface area contributed by atoms with Crippen LogP contribution < -0.4 is 10.9 Å². The summed E-state index contributed by atoms with van der Waals surface area (Å²) in [5.41, 5.74) is 0.490. The molecular formula is C15H24ClN3O. The van der Waals surface area contributed by atoms with Crippen molar-refractivity contribution in [2.45, 2.75) is 65.0 Å². The Bertz CT molecular complexity index is 500. The second-order valence-corrected chi connectivity index (χ2v) is 6.23. The van der Waals surface area contributed by atoms with Crippen LogP contribution in [0.4, 0.5) is 5.69 Å². The van der Waals surface area contributed by atoms with Gasteiger partial charge in [-0.2, -0.15) is 5.10 Å². The molecule has 0 aromatic carbocycles. The lowest BCUT2D eigenvalue weighted by atomic mass is 10.0. The quantitative estimate of drug-likeness (QED) is 0.862. The van der Waals surface area contributed by atoms with Gasteiger partial charge in [-0.25, -0.2) is 4.68 Å². The molecule has 0 saturated heterocycles. The Hall–Kier alpha value is -1.03. The molecule has 0 spiro atoms. The largest absolute Gasteiger partial charge is 0.380 e. The second kappa shape index (κ2) is 7.11. The summed E-state index contributed by atoms with van der Waals surface area (Å²) in [6.07, 6.45) is 8.59. The van der Waals surface area contributed by atoms with Gasteiger partial charge in [-0.3, -0.25) is 4.79 Å². The smallest absolute Gasteiger partial charge is 0.287 e. The van der Waals surface area contributed by atoms with Crippen molar-refractivity contribution in [2.24, 2.45) is 5.92 Å². The van der Waals surface area contributed by atoms with E-state index in [4.69, 9.17) is 11.6 Å². The molecule has 20 heavy (non-hydrogen) atoms. The number of aryl methyl sites for hydroxylation is 1. The van der Waals surface area contributed by atoms with Crippen molar-refractivity contribution in [2.75, 3.05) is 5.32 Å². The number of aromatic nitrogens is 2. The van der Waals surface area contributed by atoms with Gasteiger partial charge < -0.3 is 5.32 Å². The summed E-state index contributed by atoms with van der Waals surface area (Å²) in [5.74, 6) is 0.799. The monoisotopic (exact) mass is 297 g/mol. The number of nitrogens with one attached hydrogen (secondary N) is 1. The second-order valence-electron chi connectivity index (χ2n) is 5.86. The molecular weight excluding hydrogens is 274 g/mol. The van der Waals surface area contributed by atoms with Gasteiger partial charge in [0, 0.05) is 12.6 Å². The number of nitrogens with zero attached hydrogens (tertiary/aromatic N) is 2. The summed E-state index contributed by atoms with van der Waals surface area (Å²) in [5, 5.41) is 7.87. The Kier molecular flexibility index (Phi) is 5.46. The molecule has 1 aliphatic carbocycles. The number of hydrogen-bond acceptors (Lipinski definition) is 3. The molecule has 1 aromatic heterocycles. The van der Waals surface area contributed by atoms with E-state index < -0.39 is 0 Å². The fourth-order valence-electron chi connectivity index (χ4n) is 2.79. The van der Waals surface area contributed by atoms with Gasteiger partial charge in [0.25, 0.3) is 5.56 Å². The molecule has 1 aromatic rings. The van der Waals surface area contributed by atoms with E-state index in [0.29, 0.717) is 18.3 Å². The number of anilines is 1. The van der Waals surface area contributed by atoms with Crippen molar-refractivity contribution in [1.82, 2.24) is 9.78 Å². The van der Waals surface area contributed by atoms with E-state index in [-0.39, 0.29) is 10.6 Å². The van der Waals surface area contributed by atoms with Crippen LogP contribution in [0.3, 0.4) is 0 Å². The molecule has 1 fully saturated rings. The van der Waals surface area contributed by atoms with Crippen LogP contribution in [0.5, 0.6) is 0 Å². The highest BCUT2D eigenvalue weighted by Crippen LogP contribution is 2.26. The summed E-state index contributed by atoms with van der Waals surface area (Å²) in [6.45, 7) is 4.93. The first-order valence-corrected chi connectivity index (χ1v) is 8.01. The van der Waals surface area contributed by atoms with Crippen molar-refractivity contribution in [3.63, 3.8) is 0 Å². The molecule has 1 N–H and O–H groups in total. The maximum absolute atomic E-state index is 12.1. The molecule has 2 atom stereocenters. The third-order valence-corrected chi connectivity index (χ3v) is 4.40. The maximum atomic E-state index is 12.1. The average molecular weight is 298 g/mol. The minimum absolute atomic E-state index is 0.194. The standard InChI is InChI=1S/C15H24ClN3O/c1-3-9-19-15(20)14(16)13(10-17-19)18-12-6-4-5-11(2)7-8-12/h10-12,18H,3-9H2,1-2H3. The summed E-state index contributed by atoms with van der Waals surface area (Å²) in [4.78, 5) is 12.1. The van der Waals surface area contributed by atoms with Crippen molar-refractivity contribution in [3.8, 4) is 0 Å². The van der Waals surface area contributed by atoms with E-state index in [1.165, 1.54) is 23.9 Å². The molecule has 0 amide bonds. The number of hydrogen-bond donors (Lipinski definition) is 1. The van der Waals surface area contributed by atoms with Gasteiger partial charge >= 0.3 is 0 Å². The van der Waals surface area contributed by atoms with Gasteiger partial charge in [0.15, 0.2) is 0 Å². The van der Waals surface area contributed by atoms with Crippen LogP contribution in [0.1, 0.15) is 52.4 Å². The van der Waals surface area contributed by atoms with Gasteiger partial charge in [-0.05, 0) is 31.6 Å². The number of halogens is 1. The summed E-state index contributed by atoms with van der Waals surface area (Å²) >= 11 is 6.19. The van der Waals surface area contributed by atoms with Gasteiger partial charge in [0.05, 0.1) is 11.9 Å². The molecule has 2 rings (SSSR count). The third kappa shape index (κ3) is 3.75. The average Bonchev–Trinajstić information content (AvgIpc) is 2.63. The predicted molar refractivity (Wildman–Crippen MR) is 83.5 cm³/mol. The molecule has 5 heteroatoms. The predicted octanol–water partition coefficient (Wildman–Crippen LogP) is 3.69. The van der Waals surface area contributed by atoms with Crippen LogP contribution in [0, 0.1) is 5.92 Å². The topological polar surface area (TPSA) is 46.9 Å². The first kappa shape index (κ1) is 15.4. The fourth-order valence-corrected chi connectivity index (χ4v) is 2.99. The molecule has 1 saturated carbocycles. The highest BCUT2D eigenvalue weighted by molar-refractivity contribution is 6.32. The fraction of sp³-hybridized carbons (Fsp3) is 0.733. The van der Waals surface area contributed by atoms with Crippen molar-refractivity contribution < 1.29 is 0 Å². The Labute approximate surface area is 125 Å². The first-order valence-electron chi connectivity index (χ1n) is 7.64. The summed E-state index contributed by atoms with van der Waals surface area (Å²) in [6, 6.07) is 0.403. The molecule has 2 unspecified atom stereocenters. The molecule has 4 nitrogen and oxygen atoms in total. The Morgan fingerprint density at radius 2 is 2.20 bits per heavy atom. The van der Waals surface area contributed by atoms with Crippen molar-refractivity contribution >= 4 is 17.3 Å². The highest BCUT2D eigenvalue weighted by atomic mass is 35.5. The van der Waals surface area contributed by atoms with Gasteiger partial charge in [-0.1, -0.05) is 38.3 Å². The number of rotatable bonds is 4. The van der Waals surface area contributed by atoms with Crippen LogP contribution >= 0.6 is 11.6 Å². The van der Waals surface area contributed by atoms with E-state index in [9.17, 15) is 4.79 Å². The zero-order chi connectivity index (χ0) is 14.5. The van der Waals surface area contributed by atoms with Crippen LogP contribution in [-0.4, -0.2) is 15.8 Å². The van der Waals surface area contributed by atoms with Crippen LogP contribution in [0.2, 0.25) is 5.02 Å². The van der Waals surface area contributed by atoms with Crippen LogP contribution in [-0.2, 0) is 6.54 Å². The Morgan fingerprint density at radius 3 is 2.95 bits per heavy atom. The zero-order valence-corrected chi connectivity index (χ0v) is 13.1. The molecule has 112 valence electrons. The van der Waals surface area contributed by atoms with Gasteiger partial charge in [0.1, 0.15) is 5.02 Å². The lowest BCUT2D eigenvalue weighted by Gasteiger charge is -2.18. The third-order valence-electron chi connectivity index (χ3n) is 4.04. The first-order chi connectivity index (χ1) is 9.61. The van der Waals surface area contributed by atoms with E-state index in [1.54, 1.807) is 6.20 Å². The Balaban J connectivity index is 2.09. The van der Waals surface area contributed by atoms with E-state index in [0.717, 1.165) is 25.2 Å².